The van der Waals surface area contributed by atoms with Crippen molar-refractivity contribution < 1.29 is 30.6 Å². The summed E-state index contributed by atoms with van der Waals surface area (Å²) in [7, 11) is 0. The highest BCUT2D eigenvalue weighted by Gasteiger charge is 2.41. The smallest absolute Gasteiger partial charge is 0.116 e. The molecular formula is C20H42O6. The Kier molecular flexibility index (Phi) is 16.7. The molecule has 0 aromatic heterocycles. The lowest BCUT2D eigenvalue weighted by molar-refractivity contribution is -0.156. The van der Waals surface area contributed by atoms with Crippen molar-refractivity contribution in [1.29, 1.82) is 0 Å². The Bertz CT molecular complexity index is 302. The van der Waals surface area contributed by atoms with Gasteiger partial charge in [0.05, 0.1) is 12.2 Å². The van der Waals surface area contributed by atoms with Crippen LogP contribution in [0.1, 0.15) is 89.9 Å². The molecule has 6 N–H and O–H groups in total. The molecule has 0 bridgehead atoms. The monoisotopic (exact) mass is 378 g/mol. The zero-order valence-corrected chi connectivity index (χ0v) is 16.4. The van der Waals surface area contributed by atoms with Crippen molar-refractivity contribution in [3.05, 3.63) is 0 Å². The fourth-order valence-corrected chi connectivity index (χ4v) is 3.36. The van der Waals surface area contributed by atoms with Gasteiger partial charge < -0.3 is 30.6 Å². The Balaban J connectivity index is 4.37. The average Bonchev–Trinajstić information content (AvgIpc) is 2.64. The second-order valence-electron chi connectivity index (χ2n) is 7.41. The van der Waals surface area contributed by atoms with E-state index >= 15 is 0 Å². The van der Waals surface area contributed by atoms with Gasteiger partial charge in [0.25, 0.3) is 0 Å². The SMILES string of the molecule is OCCCCCCCCC(O)C(O)(CCCCO)C(O)CCCCCO. The van der Waals surface area contributed by atoms with Crippen LogP contribution in [0.3, 0.4) is 0 Å². The molecule has 0 radical (unpaired) electrons. The van der Waals surface area contributed by atoms with E-state index in [0.29, 0.717) is 38.5 Å². The summed E-state index contributed by atoms with van der Waals surface area (Å²) in [5.74, 6) is 0. The van der Waals surface area contributed by atoms with E-state index in [0.717, 1.165) is 44.9 Å². The molecule has 0 fully saturated rings. The summed E-state index contributed by atoms with van der Waals surface area (Å²) in [5, 5.41) is 58.5. The molecule has 0 aliphatic rings. The summed E-state index contributed by atoms with van der Waals surface area (Å²) in [6.45, 7) is 0.389. The van der Waals surface area contributed by atoms with Crippen molar-refractivity contribution in [1.82, 2.24) is 0 Å². The molecule has 0 heterocycles. The van der Waals surface area contributed by atoms with Crippen LogP contribution in [0.4, 0.5) is 0 Å². The first-order valence-corrected chi connectivity index (χ1v) is 10.4. The van der Waals surface area contributed by atoms with Crippen molar-refractivity contribution in [3.63, 3.8) is 0 Å². The number of aliphatic hydroxyl groups excluding tert-OH is 5. The van der Waals surface area contributed by atoms with Crippen LogP contribution in [0.25, 0.3) is 0 Å². The lowest BCUT2D eigenvalue weighted by Crippen LogP contribution is -2.52. The van der Waals surface area contributed by atoms with E-state index in [9.17, 15) is 15.3 Å². The van der Waals surface area contributed by atoms with Gasteiger partial charge in [-0.25, -0.2) is 0 Å². The van der Waals surface area contributed by atoms with Gasteiger partial charge in [0.1, 0.15) is 5.60 Å². The topological polar surface area (TPSA) is 121 Å². The van der Waals surface area contributed by atoms with Gasteiger partial charge in [-0.15, -0.1) is 0 Å². The van der Waals surface area contributed by atoms with E-state index in [1.807, 2.05) is 0 Å². The summed E-state index contributed by atoms with van der Waals surface area (Å²) in [6, 6.07) is 0. The zero-order valence-electron chi connectivity index (χ0n) is 16.4. The number of rotatable bonds is 19. The number of unbranched alkanes of at least 4 members (excludes halogenated alkanes) is 8. The van der Waals surface area contributed by atoms with Crippen LogP contribution in [0, 0.1) is 0 Å². The van der Waals surface area contributed by atoms with Crippen molar-refractivity contribution in [2.45, 2.75) is 108 Å². The molecule has 0 amide bonds. The van der Waals surface area contributed by atoms with E-state index in [1.54, 1.807) is 0 Å². The Morgan fingerprint density at radius 2 is 0.846 bits per heavy atom. The normalized spacial score (nSPS) is 16.4. The molecule has 0 aromatic rings. The molecule has 3 unspecified atom stereocenters. The average molecular weight is 379 g/mol. The molecule has 0 aliphatic carbocycles. The second-order valence-corrected chi connectivity index (χ2v) is 7.41. The highest BCUT2D eigenvalue weighted by Crippen LogP contribution is 2.29. The Morgan fingerprint density at radius 1 is 0.500 bits per heavy atom. The Labute approximate surface area is 158 Å². The minimum atomic E-state index is -1.54. The fraction of sp³-hybridized carbons (Fsp3) is 1.00. The summed E-state index contributed by atoms with van der Waals surface area (Å²) >= 11 is 0. The predicted molar refractivity (Wildman–Crippen MR) is 103 cm³/mol. The molecule has 6 nitrogen and oxygen atoms in total. The first-order valence-electron chi connectivity index (χ1n) is 10.4. The minimum absolute atomic E-state index is 0.0343. The van der Waals surface area contributed by atoms with Gasteiger partial charge in [-0.1, -0.05) is 44.9 Å². The van der Waals surface area contributed by atoms with Gasteiger partial charge in [-0.2, -0.15) is 0 Å². The standard InChI is InChI=1S/C20H42O6/c21-15-9-4-2-1-3-6-12-18(24)20(26,14-8-11-17-23)19(25)13-7-5-10-16-22/h18-19,21-26H,1-17H2. The maximum Gasteiger partial charge on any atom is 0.116 e. The van der Waals surface area contributed by atoms with Crippen molar-refractivity contribution >= 4 is 0 Å². The highest BCUT2D eigenvalue weighted by atomic mass is 16.4. The molecule has 158 valence electrons. The van der Waals surface area contributed by atoms with Crippen LogP contribution in [0.15, 0.2) is 0 Å². The van der Waals surface area contributed by atoms with Crippen molar-refractivity contribution in [3.8, 4) is 0 Å². The first kappa shape index (κ1) is 25.8. The van der Waals surface area contributed by atoms with Crippen LogP contribution in [-0.2, 0) is 0 Å². The summed E-state index contributed by atoms with van der Waals surface area (Å²) in [5.41, 5.74) is -1.54. The van der Waals surface area contributed by atoms with Crippen molar-refractivity contribution in [2.75, 3.05) is 19.8 Å². The van der Waals surface area contributed by atoms with Crippen LogP contribution in [-0.4, -0.2) is 68.3 Å². The third-order valence-corrected chi connectivity index (χ3v) is 5.16. The Morgan fingerprint density at radius 3 is 1.31 bits per heavy atom. The van der Waals surface area contributed by atoms with Gasteiger partial charge in [-0.05, 0) is 44.9 Å². The second kappa shape index (κ2) is 16.9. The molecule has 0 aliphatic heterocycles. The molecule has 0 saturated heterocycles. The van der Waals surface area contributed by atoms with Gasteiger partial charge in [0, 0.05) is 19.8 Å². The zero-order chi connectivity index (χ0) is 19.7. The quantitative estimate of drug-likeness (QED) is 0.191. The van der Waals surface area contributed by atoms with Gasteiger partial charge in [-0.3, -0.25) is 0 Å². The van der Waals surface area contributed by atoms with Gasteiger partial charge >= 0.3 is 0 Å². The highest BCUT2D eigenvalue weighted by molar-refractivity contribution is 4.93. The Hall–Kier alpha value is -0.240. The third-order valence-electron chi connectivity index (χ3n) is 5.16. The molecule has 0 saturated carbocycles. The van der Waals surface area contributed by atoms with E-state index < -0.39 is 17.8 Å². The summed E-state index contributed by atoms with van der Waals surface area (Å²) in [4.78, 5) is 0. The molecular weight excluding hydrogens is 336 g/mol. The fourth-order valence-electron chi connectivity index (χ4n) is 3.36. The number of hydrogen-bond acceptors (Lipinski definition) is 6. The molecule has 0 rings (SSSR count). The first-order chi connectivity index (χ1) is 12.5. The van der Waals surface area contributed by atoms with E-state index in [-0.39, 0.29) is 26.2 Å². The maximum atomic E-state index is 10.9. The van der Waals surface area contributed by atoms with E-state index in [4.69, 9.17) is 15.3 Å². The molecule has 0 spiro atoms. The van der Waals surface area contributed by atoms with Crippen molar-refractivity contribution in [2.24, 2.45) is 0 Å². The number of hydrogen-bond donors (Lipinski definition) is 6. The third kappa shape index (κ3) is 11.5. The lowest BCUT2D eigenvalue weighted by atomic mass is 9.81. The minimum Gasteiger partial charge on any atom is -0.396 e. The lowest BCUT2D eigenvalue weighted by Gasteiger charge is -2.37. The van der Waals surface area contributed by atoms with Gasteiger partial charge in [0.15, 0.2) is 0 Å². The van der Waals surface area contributed by atoms with E-state index in [2.05, 4.69) is 0 Å². The van der Waals surface area contributed by atoms with Gasteiger partial charge in [0.2, 0.25) is 0 Å². The molecule has 6 heteroatoms. The summed E-state index contributed by atoms with van der Waals surface area (Å²) in [6.07, 6.45) is 8.07. The number of aliphatic hydroxyl groups is 6. The molecule has 3 atom stereocenters. The van der Waals surface area contributed by atoms with Crippen LogP contribution in [0.2, 0.25) is 0 Å². The predicted octanol–water partition coefficient (Wildman–Crippen LogP) is 1.88. The largest absolute Gasteiger partial charge is 0.396 e. The molecule has 0 aromatic carbocycles. The summed E-state index contributed by atoms with van der Waals surface area (Å²) < 4.78 is 0. The maximum absolute atomic E-state index is 10.9. The van der Waals surface area contributed by atoms with Crippen LogP contribution < -0.4 is 0 Å². The molecule has 26 heavy (non-hydrogen) atoms. The van der Waals surface area contributed by atoms with E-state index in [1.165, 1.54) is 0 Å². The van der Waals surface area contributed by atoms with Crippen LogP contribution >= 0.6 is 0 Å². The van der Waals surface area contributed by atoms with Crippen LogP contribution in [0.5, 0.6) is 0 Å².